The molecule has 1 aromatic rings. The van der Waals surface area contributed by atoms with Crippen LogP contribution in [0, 0.1) is 5.82 Å². The van der Waals surface area contributed by atoms with Crippen LogP contribution in [0.4, 0.5) is 9.18 Å². The Bertz CT molecular complexity index is 412. The number of thioether (sulfide) groups is 1. The Morgan fingerprint density at radius 2 is 2.17 bits per heavy atom. The second-order valence-corrected chi connectivity index (χ2v) is 4.88. The molecule has 0 atom stereocenters. The summed E-state index contributed by atoms with van der Waals surface area (Å²) in [6, 6.07) is 4.57. The molecule has 0 bridgehead atoms. The highest BCUT2D eigenvalue weighted by Crippen LogP contribution is 2.16. The first-order valence-corrected chi connectivity index (χ1v) is 7.23. The lowest BCUT2D eigenvalue weighted by atomic mass is 10.1. The van der Waals surface area contributed by atoms with Gasteiger partial charge in [0.2, 0.25) is 0 Å². The molecule has 18 heavy (non-hydrogen) atoms. The average molecular weight is 270 g/mol. The van der Waals surface area contributed by atoms with Gasteiger partial charge in [-0.2, -0.15) is 11.8 Å². The predicted octanol–water partition coefficient (Wildman–Crippen LogP) is 2.85. The van der Waals surface area contributed by atoms with Crippen molar-refractivity contribution in [2.45, 2.75) is 19.2 Å². The fourth-order valence-corrected chi connectivity index (χ4v) is 2.09. The lowest BCUT2D eigenvalue weighted by Gasteiger charge is -2.16. The van der Waals surface area contributed by atoms with Gasteiger partial charge in [-0.1, -0.05) is 6.07 Å². The van der Waals surface area contributed by atoms with Gasteiger partial charge < -0.3 is 10.2 Å². The summed E-state index contributed by atoms with van der Waals surface area (Å²) in [4.78, 5) is 13.2. The third kappa shape index (κ3) is 4.22. The number of nitrogens with zero attached hydrogens (tertiary/aromatic N) is 1. The van der Waals surface area contributed by atoms with Crippen LogP contribution >= 0.6 is 11.8 Å². The number of rotatable bonds is 5. The van der Waals surface area contributed by atoms with E-state index in [1.165, 1.54) is 12.1 Å². The molecule has 1 rings (SSSR count). The van der Waals surface area contributed by atoms with E-state index in [4.69, 9.17) is 0 Å². The first-order valence-electron chi connectivity index (χ1n) is 5.83. The maximum Gasteiger partial charge on any atom is 0.317 e. The van der Waals surface area contributed by atoms with Crippen molar-refractivity contribution in [2.24, 2.45) is 0 Å². The van der Waals surface area contributed by atoms with Crippen molar-refractivity contribution in [3.05, 3.63) is 35.1 Å². The second kappa shape index (κ2) is 7.26. The highest BCUT2D eigenvalue weighted by Gasteiger charge is 2.08. The Labute approximate surface area is 112 Å². The molecule has 0 heterocycles. The van der Waals surface area contributed by atoms with Crippen molar-refractivity contribution >= 4 is 17.8 Å². The average Bonchev–Trinajstić information content (AvgIpc) is 2.37. The summed E-state index contributed by atoms with van der Waals surface area (Å²) in [5, 5.41) is 2.82. The largest absolute Gasteiger partial charge is 0.334 e. The Balaban J connectivity index is 2.69. The normalized spacial score (nSPS) is 10.2. The van der Waals surface area contributed by atoms with Crippen LogP contribution in [-0.4, -0.2) is 30.8 Å². The summed E-state index contributed by atoms with van der Waals surface area (Å²) < 4.78 is 13.1. The molecule has 0 aliphatic carbocycles. The zero-order valence-electron chi connectivity index (χ0n) is 11.0. The van der Waals surface area contributed by atoms with Gasteiger partial charge in [0.05, 0.1) is 0 Å². The van der Waals surface area contributed by atoms with Crippen LogP contribution < -0.4 is 5.32 Å². The quantitative estimate of drug-likeness (QED) is 0.892. The third-order valence-corrected chi connectivity index (χ3v) is 3.32. The molecule has 0 spiro atoms. The van der Waals surface area contributed by atoms with E-state index >= 15 is 0 Å². The van der Waals surface area contributed by atoms with E-state index in [0.717, 1.165) is 16.9 Å². The van der Waals surface area contributed by atoms with Crippen LogP contribution in [0.15, 0.2) is 18.2 Å². The molecule has 5 heteroatoms. The molecule has 0 aliphatic rings. The number of hydrogen-bond acceptors (Lipinski definition) is 2. The second-order valence-electron chi connectivity index (χ2n) is 4.02. The zero-order chi connectivity index (χ0) is 13.5. The van der Waals surface area contributed by atoms with E-state index in [9.17, 15) is 9.18 Å². The van der Waals surface area contributed by atoms with Crippen LogP contribution in [-0.2, 0) is 12.3 Å². The highest BCUT2D eigenvalue weighted by atomic mass is 32.2. The van der Waals surface area contributed by atoms with Gasteiger partial charge in [0, 0.05) is 25.9 Å². The van der Waals surface area contributed by atoms with E-state index in [1.807, 2.05) is 13.2 Å². The van der Waals surface area contributed by atoms with Crippen LogP contribution in [0.1, 0.15) is 18.1 Å². The van der Waals surface area contributed by atoms with Crippen LogP contribution in [0.5, 0.6) is 0 Å². The van der Waals surface area contributed by atoms with E-state index in [1.54, 1.807) is 29.8 Å². The molecule has 0 fully saturated rings. The first-order chi connectivity index (χ1) is 8.58. The summed E-state index contributed by atoms with van der Waals surface area (Å²) in [6.07, 6.45) is 1.97. The van der Waals surface area contributed by atoms with Crippen LogP contribution in [0.2, 0.25) is 0 Å². The van der Waals surface area contributed by atoms with Crippen molar-refractivity contribution < 1.29 is 9.18 Å². The number of carbonyl (C=O) groups is 1. The fourth-order valence-electron chi connectivity index (χ4n) is 1.51. The van der Waals surface area contributed by atoms with Gasteiger partial charge in [0.15, 0.2) is 0 Å². The number of benzene rings is 1. The first kappa shape index (κ1) is 14.8. The third-order valence-electron chi connectivity index (χ3n) is 2.72. The Hall–Kier alpha value is -1.23. The van der Waals surface area contributed by atoms with Crippen LogP contribution in [0.3, 0.4) is 0 Å². The van der Waals surface area contributed by atoms with Crippen molar-refractivity contribution in [1.29, 1.82) is 0 Å². The summed E-state index contributed by atoms with van der Waals surface area (Å²) in [5.41, 5.74) is 1.89. The van der Waals surface area contributed by atoms with Crippen molar-refractivity contribution in [3.63, 3.8) is 0 Å². The van der Waals surface area contributed by atoms with E-state index in [2.05, 4.69) is 5.32 Å². The molecule has 0 aromatic heterocycles. The molecular formula is C13H19FN2OS. The molecule has 0 saturated heterocycles. The van der Waals surface area contributed by atoms with Gasteiger partial charge in [0.1, 0.15) is 5.82 Å². The number of halogens is 1. The molecule has 0 aliphatic heterocycles. The van der Waals surface area contributed by atoms with Gasteiger partial charge in [-0.05, 0) is 36.4 Å². The van der Waals surface area contributed by atoms with E-state index in [-0.39, 0.29) is 11.8 Å². The zero-order valence-corrected chi connectivity index (χ0v) is 11.8. The standard InChI is InChI=1S/C13H19FN2OS/c1-4-16(2)13(17)15-8-10-5-6-12(14)7-11(10)9-18-3/h5-7H,4,8-9H2,1-3H3,(H,15,17). The number of urea groups is 1. The number of amides is 2. The topological polar surface area (TPSA) is 32.3 Å². The molecule has 1 N–H and O–H groups in total. The number of nitrogens with one attached hydrogen (secondary N) is 1. The molecular weight excluding hydrogens is 251 g/mol. The minimum Gasteiger partial charge on any atom is -0.334 e. The summed E-state index contributed by atoms with van der Waals surface area (Å²) in [6.45, 7) is 3.00. The molecule has 1 aromatic carbocycles. The molecule has 3 nitrogen and oxygen atoms in total. The smallest absolute Gasteiger partial charge is 0.317 e. The van der Waals surface area contributed by atoms with Gasteiger partial charge in [-0.25, -0.2) is 9.18 Å². The highest BCUT2D eigenvalue weighted by molar-refractivity contribution is 7.97. The monoisotopic (exact) mass is 270 g/mol. The summed E-state index contributed by atoms with van der Waals surface area (Å²) in [7, 11) is 1.74. The van der Waals surface area contributed by atoms with Gasteiger partial charge in [-0.3, -0.25) is 0 Å². The maximum absolute atomic E-state index is 13.1. The predicted molar refractivity (Wildman–Crippen MR) is 74.2 cm³/mol. The number of hydrogen-bond donors (Lipinski definition) is 1. The lowest BCUT2D eigenvalue weighted by Crippen LogP contribution is -2.36. The minimum absolute atomic E-state index is 0.114. The minimum atomic E-state index is -0.236. The van der Waals surface area contributed by atoms with Crippen LogP contribution in [0.25, 0.3) is 0 Å². The molecule has 0 saturated carbocycles. The van der Waals surface area contributed by atoms with Gasteiger partial charge in [0.25, 0.3) is 0 Å². The summed E-state index contributed by atoms with van der Waals surface area (Å²) >= 11 is 1.63. The van der Waals surface area contributed by atoms with Gasteiger partial charge in [-0.15, -0.1) is 0 Å². The van der Waals surface area contributed by atoms with E-state index in [0.29, 0.717) is 13.1 Å². The van der Waals surface area contributed by atoms with E-state index < -0.39 is 0 Å². The van der Waals surface area contributed by atoms with Gasteiger partial charge >= 0.3 is 6.03 Å². The number of carbonyl (C=O) groups excluding carboxylic acids is 1. The van der Waals surface area contributed by atoms with Crippen molar-refractivity contribution in [2.75, 3.05) is 19.8 Å². The maximum atomic E-state index is 13.1. The summed E-state index contributed by atoms with van der Waals surface area (Å²) in [5.74, 6) is 0.506. The molecule has 100 valence electrons. The molecule has 0 unspecified atom stereocenters. The van der Waals surface area contributed by atoms with Crippen molar-refractivity contribution in [3.8, 4) is 0 Å². The SMILES string of the molecule is CCN(C)C(=O)NCc1ccc(F)cc1CSC. The molecule has 0 radical (unpaired) electrons. The molecule has 2 amide bonds. The fraction of sp³-hybridized carbons (Fsp3) is 0.462. The Morgan fingerprint density at radius 1 is 1.44 bits per heavy atom. The lowest BCUT2D eigenvalue weighted by molar-refractivity contribution is 0.210. The Kier molecular flexibility index (Phi) is 5.98. The Morgan fingerprint density at radius 3 is 2.78 bits per heavy atom. The van der Waals surface area contributed by atoms with Crippen molar-refractivity contribution in [1.82, 2.24) is 10.2 Å².